The van der Waals surface area contributed by atoms with Gasteiger partial charge in [0, 0.05) is 33.0 Å². The van der Waals surface area contributed by atoms with E-state index in [4.69, 9.17) is 14.4 Å². The molecule has 46 heavy (non-hydrogen) atoms. The first kappa shape index (κ1) is 25.1. The van der Waals surface area contributed by atoms with E-state index in [-0.39, 0.29) is 0 Å². The number of hydrogen-bond donors (Lipinski definition) is 0. The van der Waals surface area contributed by atoms with E-state index in [0.29, 0.717) is 11.4 Å². The molecule has 0 saturated carbocycles. The summed E-state index contributed by atoms with van der Waals surface area (Å²) in [6, 6.07) is 53.3. The molecule has 0 radical (unpaired) electrons. The van der Waals surface area contributed by atoms with Crippen LogP contribution >= 0.6 is 0 Å². The number of aromatic nitrogens is 3. The van der Waals surface area contributed by atoms with Crippen molar-refractivity contribution in [1.29, 1.82) is 0 Å². The fourth-order valence-electron chi connectivity index (χ4n) is 6.95. The van der Waals surface area contributed by atoms with Gasteiger partial charge in [-0.05, 0) is 82.2 Å². The molecule has 4 nitrogen and oxygen atoms in total. The summed E-state index contributed by atoms with van der Waals surface area (Å²) in [5.74, 6) is 0.668. The highest BCUT2D eigenvalue weighted by Gasteiger charge is 2.19. The minimum absolute atomic E-state index is 0.668. The first-order valence-corrected chi connectivity index (χ1v) is 15.5. The van der Waals surface area contributed by atoms with E-state index < -0.39 is 0 Å². The number of fused-ring (bicyclic) bond motifs is 8. The molecule has 0 amide bonds. The summed E-state index contributed by atoms with van der Waals surface area (Å²) in [4.78, 5) is 10.3. The Morgan fingerprint density at radius 1 is 0.457 bits per heavy atom. The van der Waals surface area contributed by atoms with Gasteiger partial charge in [0.05, 0.1) is 11.0 Å². The average Bonchev–Trinajstić information content (AvgIpc) is 3.65. The molecule has 10 rings (SSSR count). The number of para-hydroxylation sites is 2. The Morgan fingerprint density at radius 3 is 1.93 bits per heavy atom. The van der Waals surface area contributed by atoms with Crippen molar-refractivity contribution in [2.24, 2.45) is 0 Å². The van der Waals surface area contributed by atoms with Gasteiger partial charge in [0.2, 0.25) is 0 Å². The lowest BCUT2D eigenvalue weighted by Gasteiger charge is -2.10. The van der Waals surface area contributed by atoms with Crippen LogP contribution in [0, 0.1) is 0 Å². The molecule has 7 aromatic carbocycles. The predicted molar refractivity (Wildman–Crippen MR) is 190 cm³/mol. The zero-order valence-electron chi connectivity index (χ0n) is 24.7. The highest BCUT2D eigenvalue weighted by Crippen LogP contribution is 2.38. The summed E-state index contributed by atoms with van der Waals surface area (Å²) in [7, 11) is 0. The molecule has 0 fully saturated rings. The van der Waals surface area contributed by atoms with E-state index in [1.807, 2.05) is 18.2 Å². The second-order valence-corrected chi connectivity index (χ2v) is 11.8. The molecule has 0 atom stereocenters. The summed E-state index contributed by atoms with van der Waals surface area (Å²) >= 11 is 0. The van der Waals surface area contributed by atoms with Crippen molar-refractivity contribution >= 4 is 65.4 Å². The van der Waals surface area contributed by atoms with Crippen molar-refractivity contribution in [2.45, 2.75) is 0 Å². The third kappa shape index (κ3) is 3.74. The quantitative estimate of drug-likeness (QED) is 0.207. The fraction of sp³-hybridized carbons (Fsp3) is 0. The Morgan fingerprint density at radius 2 is 1.11 bits per heavy atom. The topological polar surface area (TPSA) is 43.9 Å². The Labute approximate surface area is 263 Å². The van der Waals surface area contributed by atoms with E-state index in [0.717, 1.165) is 44.4 Å². The standard InChI is InChI=1S/C42H25N3O/c1-2-10-28-23-31(18-17-26(28)9-1)39-41-40(34-14-6-8-16-38(34)46-41)44-42(43-39)27-19-21-32(22-20-27)45-36-15-7-5-13-33(36)35-24-29-11-3-4-12-30(29)25-37(35)45/h1-25H. The SMILES string of the molecule is c1ccc2cc(-c3nc(-c4ccc(-n5c6ccccc6c6cc7ccccc7cc65)cc4)nc4c3oc3ccccc34)ccc2c1. The monoisotopic (exact) mass is 587 g/mol. The molecule has 0 spiro atoms. The highest BCUT2D eigenvalue weighted by atomic mass is 16.3. The number of rotatable bonds is 3. The van der Waals surface area contributed by atoms with Gasteiger partial charge in [0.25, 0.3) is 0 Å². The van der Waals surface area contributed by atoms with Crippen LogP contribution < -0.4 is 0 Å². The molecule has 0 bridgehead atoms. The van der Waals surface area contributed by atoms with E-state index in [1.165, 1.54) is 38.0 Å². The first-order valence-electron chi connectivity index (χ1n) is 15.5. The summed E-state index contributed by atoms with van der Waals surface area (Å²) in [5, 5.41) is 8.30. The second-order valence-electron chi connectivity index (χ2n) is 11.8. The number of nitrogens with zero attached hydrogens (tertiary/aromatic N) is 3. The Bertz CT molecular complexity index is 2810. The van der Waals surface area contributed by atoms with Gasteiger partial charge in [0.15, 0.2) is 11.4 Å². The zero-order chi connectivity index (χ0) is 30.2. The normalized spacial score (nSPS) is 11.9. The van der Waals surface area contributed by atoms with Crippen LogP contribution in [0.3, 0.4) is 0 Å². The van der Waals surface area contributed by atoms with Crippen molar-refractivity contribution in [3.63, 3.8) is 0 Å². The fourth-order valence-corrected chi connectivity index (χ4v) is 6.95. The van der Waals surface area contributed by atoms with Crippen molar-refractivity contribution in [1.82, 2.24) is 14.5 Å². The molecule has 0 saturated heterocycles. The maximum absolute atomic E-state index is 6.39. The molecule has 0 aliphatic carbocycles. The van der Waals surface area contributed by atoms with E-state index in [2.05, 4.69) is 138 Å². The van der Waals surface area contributed by atoms with E-state index >= 15 is 0 Å². The smallest absolute Gasteiger partial charge is 0.180 e. The van der Waals surface area contributed by atoms with Crippen LogP contribution in [-0.4, -0.2) is 14.5 Å². The lowest BCUT2D eigenvalue weighted by atomic mass is 10.0. The zero-order valence-corrected chi connectivity index (χ0v) is 24.7. The minimum Gasteiger partial charge on any atom is -0.452 e. The third-order valence-corrected chi connectivity index (χ3v) is 9.17. The summed E-state index contributed by atoms with van der Waals surface area (Å²) < 4.78 is 8.75. The predicted octanol–water partition coefficient (Wildman–Crippen LogP) is 11.1. The Balaban J connectivity index is 1.17. The minimum atomic E-state index is 0.668. The number of benzene rings is 7. The van der Waals surface area contributed by atoms with Crippen molar-refractivity contribution in [2.75, 3.05) is 0 Å². The summed E-state index contributed by atoms with van der Waals surface area (Å²) in [6.07, 6.45) is 0. The van der Waals surface area contributed by atoms with Gasteiger partial charge in [-0.15, -0.1) is 0 Å². The molecular formula is C42H25N3O. The second kappa shape index (κ2) is 9.62. The molecule has 0 aliphatic heterocycles. The Hall–Kier alpha value is -6.26. The highest BCUT2D eigenvalue weighted by molar-refractivity contribution is 6.13. The molecular weight excluding hydrogens is 562 g/mol. The van der Waals surface area contributed by atoms with E-state index in [9.17, 15) is 0 Å². The maximum Gasteiger partial charge on any atom is 0.180 e. The van der Waals surface area contributed by atoms with Crippen LogP contribution in [0.4, 0.5) is 0 Å². The third-order valence-electron chi connectivity index (χ3n) is 9.17. The Kier molecular flexibility index (Phi) is 5.25. The van der Waals surface area contributed by atoms with Crippen molar-refractivity contribution < 1.29 is 4.42 Å². The first-order chi connectivity index (χ1) is 22.8. The van der Waals surface area contributed by atoms with Crippen LogP contribution in [0.5, 0.6) is 0 Å². The number of hydrogen-bond acceptors (Lipinski definition) is 3. The van der Waals surface area contributed by atoms with Gasteiger partial charge in [-0.2, -0.15) is 0 Å². The summed E-state index contributed by atoms with van der Waals surface area (Å²) in [5.41, 5.74) is 8.53. The van der Waals surface area contributed by atoms with Gasteiger partial charge in [-0.1, -0.05) is 91.0 Å². The lowest BCUT2D eigenvalue weighted by molar-refractivity contribution is 0.667. The van der Waals surface area contributed by atoms with Crippen molar-refractivity contribution in [3.05, 3.63) is 152 Å². The molecule has 214 valence electrons. The van der Waals surface area contributed by atoms with Crippen LogP contribution in [0.15, 0.2) is 156 Å². The van der Waals surface area contributed by atoms with Gasteiger partial charge < -0.3 is 8.98 Å². The summed E-state index contributed by atoms with van der Waals surface area (Å²) in [6.45, 7) is 0. The van der Waals surface area contributed by atoms with Crippen LogP contribution in [-0.2, 0) is 0 Å². The lowest BCUT2D eigenvalue weighted by Crippen LogP contribution is -1.96. The molecule has 0 N–H and O–H groups in total. The molecule has 0 aliphatic rings. The van der Waals surface area contributed by atoms with Crippen LogP contribution in [0.2, 0.25) is 0 Å². The largest absolute Gasteiger partial charge is 0.452 e. The van der Waals surface area contributed by atoms with Gasteiger partial charge in [-0.25, -0.2) is 9.97 Å². The van der Waals surface area contributed by atoms with Crippen LogP contribution in [0.25, 0.3) is 93.8 Å². The molecule has 3 aromatic heterocycles. The molecule has 10 aromatic rings. The molecule has 3 heterocycles. The van der Waals surface area contributed by atoms with Gasteiger partial charge >= 0.3 is 0 Å². The van der Waals surface area contributed by atoms with Crippen molar-refractivity contribution in [3.8, 4) is 28.3 Å². The number of furan rings is 1. The molecule has 4 heteroatoms. The maximum atomic E-state index is 6.39. The van der Waals surface area contributed by atoms with E-state index in [1.54, 1.807) is 0 Å². The molecule has 0 unspecified atom stereocenters. The average molecular weight is 588 g/mol. The van der Waals surface area contributed by atoms with Crippen LogP contribution in [0.1, 0.15) is 0 Å². The van der Waals surface area contributed by atoms with Gasteiger partial charge in [-0.3, -0.25) is 0 Å². The van der Waals surface area contributed by atoms with Gasteiger partial charge in [0.1, 0.15) is 16.8 Å².